The van der Waals surface area contributed by atoms with Gasteiger partial charge in [-0.3, -0.25) is 9.59 Å². The molecule has 0 aliphatic heterocycles. The second-order valence-electron chi connectivity index (χ2n) is 5.56. The minimum Gasteiger partial charge on any atom is -0.465 e. The van der Waals surface area contributed by atoms with Crippen LogP contribution in [0.3, 0.4) is 0 Å². The highest BCUT2D eigenvalue weighted by Crippen LogP contribution is 2.27. The van der Waals surface area contributed by atoms with Crippen LogP contribution in [-0.2, 0) is 11.3 Å². The van der Waals surface area contributed by atoms with Crippen LogP contribution in [0.5, 0.6) is 0 Å². The number of methoxy groups -OCH3 is 1. The van der Waals surface area contributed by atoms with Crippen LogP contribution in [0.4, 0.5) is 0 Å². The summed E-state index contributed by atoms with van der Waals surface area (Å²) in [4.78, 5) is 43.7. The maximum Gasteiger partial charge on any atom is 0.348 e. The van der Waals surface area contributed by atoms with Gasteiger partial charge in [-0.1, -0.05) is 0 Å². The number of esters is 1. The summed E-state index contributed by atoms with van der Waals surface area (Å²) in [5.74, 6) is -0.0753. The highest BCUT2D eigenvalue weighted by atomic mass is 32.1. The summed E-state index contributed by atoms with van der Waals surface area (Å²) in [5, 5.41) is 0.400. The predicted octanol–water partition coefficient (Wildman–Crippen LogP) is 1.62. The van der Waals surface area contributed by atoms with Gasteiger partial charge in [-0.25, -0.2) is 9.78 Å². The summed E-state index contributed by atoms with van der Waals surface area (Å²) < 4.78 is 6.51. The van der Waals surface area contributed by atoms with Crippen molar-refractivity contribution in [1.29, 1.82) is 0 Å². The topological polar surface area (TPSA) is 93.0 Å². The maximum atomic E-state index is 12.4. The van der Waals surface area contributed by atoms with Crippen LogP contribution in [0.1, 0.15) is 38.3 Å². The average Bonchev–Trinajstić information content (AvgIpc) is 2.91. The molecule has 0 spiro atoms. The molecule has 25 heavy (non-hydrogen) atoms. The SMILES string of the molecule is COC(=O)c1sc2nc(C[n+]3cccc(C(C)=O)c3)[nH]c(=O)c2c1C. The van der Waals surface area contributed by atoms with Crippen molar-refractivity contribution in [1.82, 2.24) is 9.97 Å². The molecule has 3 heterocycles. The van der Waals surface area contributed by atoms with E-state index in [1.165, 1.54) is 14.0 Å². The lowest BCUT2D eigenvalue weighted by atomic mass is 10.2. The molecule has 0 aromatic carbocycles. The van der Waals surface area contributed by atoms with Crippen molar-refractivity contribution in [3.05, 3.63) is 56.7 Å². The predicted molar refractivity (Wildman–Crippen MR) is 92.1 cm³/mol. The molecule has 0 aliphatic carbocycles. The molecular formula is C17H16N3O4S+. The van der Waals surface area contributed by atoms with Crippen LogP contribution in [0.15, 0.2) is 29.3 Å². The van der Waals surface area contributed by atoms with Gasteiger partial charge in [-0.2, -0.15) is 4.57 Å². The molecule has 1 N–H and O–H groups in total. The van der Waals surface area contributed by atoms with E-state index in [-0.39, 0.29) is 11.3 Å². The van der Waals surface area contributed by atoms with Gasteiger partial charge in [-0.15, -0.1) is 11.3 Å². The van der Waals surface area contributed by atoms with E-state index in [1.54, 1.807) is 36.0 Å². The summed E-state index contributed by atoms with van der Waals surface area (Å²) in [6, 6.07) is 3.49. The lowest BCUT2D eigenvalue weighted by Crippen LogP contribution is -2.36. The first-order valence-corrected chi connectivity index (χ1v) is 8.33. The standard InChI is InChI=1S/C17H15N3O4S/c1-9-13-15(22)18-12(19-16(13)25-14(9)17(23)24-3)8-20-6-4-5-11(7-20)10(2)21/h4-7H,8H2,1-3H3/p+1. The first kappa shape index (κ1) is 17.0. The number of ether oxygens (including phenoxy) is 1. The molecule has 0 radical (unpaired) electrons. The number of aryl methyl sites for hydroxylation is 1. The Balaban J connectivity index is 2.04. The molecule has 8 heteroatoms. The van der Waals surface area contributed by atoms with Gasteiger partial charge in [-0.05, 0) is 25.5 Å². The van der Waals surface area contributed by atoms with Gasteiger partial charge in [0, 0.05) is 6.07 Å². The highest BCUT2D eigenvalue weighted by molar-refractivity contribution is 7.20. The monoisotopic (exact) mass is 358 g/mol. The van der Waals surface area contributed by atoms with Crippen LogP contribution in [0, 0.1) is 6.92 Å². The third kappa shape index (κ3) is 3.20. The number of nitrogens with one attached hydrogen (secondary N) is 1. The largest absolute Gasteiger partial charge is 0.465 e. The van der Waals surface area contributed by atoms with Gasteiger partial charge >= 0.3 is 5.97 Å². The smallest absolute Gasteiger partial charge is 0.348 e. The summed E-state index contributed by atoms with van der Waals surface area (Å²) >= 11 is 1.13. The van der Waals surface area contributed by atoms with Crippen molar-refractivity contribution in [3.63, 3.8) is 0 Å². The molecule has 0 aliphatic rings. The van der Waals surface area contributed by atoms with E-state index in [2.05, 4.69) is 9.97 Å². The van der Waals surface area contributed by atoms with Crippen LogP contribution in [0.25, 0.3) is 10.2 Å². The number of aromatic amines is 1. The summed E-state index contributed by atoms with van der Waals surface area (Å²) in [6.45, 7) is 3.50. The van der Waals surface area contributed by atoms with E-state index < -0.39 is 5.97 Å². The third-order valence-corrected chi connectivity index (χ3v) is 4.98. The molecule has 3 aromatic heterocycles. The second kappa shape index (κ2) is 6.56. The van der Waals surface area contributed by atoms with E-state index >= 15 is 0 Å². The van der Waals surface area contributed by atoms with Crippen LogP contribution in [-0.4, -0.2) is 28.8 Å². The molecule has 0 unspecified atom stereocenters. The van der Waals surface area contributed by atoms with Crippen LogP contribution in [0.2, 0.25) is 0 Å². The Morgan fingerprint density at radius 3 is 2.84 bits per heavy atom. The fraction of sp³-hybridized carbons (Fsp3) is 0.235. The first-order chi connectivity index (χ1) is 11.9. The molecule has 3 aromatic rings. The number of hydrogen-bond acceptors (Lipinski definition) is 6. The van der Waals surface area contributed by atoms with Crippen molar-refractivity contribution in [2.75, 3.05) is 7.11 Å². The van der Waals surface area contributed by atoms with Crippen molar-refractivity contribution in [2.24, 2.45) is 0 Å². The van der Waals surface area contributed by atoms with E-state index in [9.17, 15) is 14.4 Å². The Morgan fingerprint density at radius 1 is 1.40 bits per heavy atom. The van der Waals surface area contributed by atoms with Crippen LogP contribution >= 0.6 is 11.3 Å². The molecule has 0 saturated heterocycles. The van der Waals surface area contributed by atoms with E-state index in [1.807, 2.05) is 0 Å². The number of Topliss-reactive ketones (excluding diaryl/α,β-unsaturated/α-hetero) is 1. The second-order valence-corrected chi connectivity index (χ2v) is 6.56. The van der Waals surface area contributed by atoms with E-state index in [0.29, 0.717) is 38.6 Å². The highest BCUT2D eigenvalue weighted by Gasteiger charge is 2.20. The minimum atomic E-state index is -0.481. The lowest BCUT2D eigenvalue weighted by Gasteiger charge is -1.99. The zero-order chi connectivity index (χ0) is 18.1. The number of rotatable bonds is 4. The average molecular weight is 358 g/mol. The zero-order valence-corrected chi connectivity index (χ0v) is 14.8. The summed E-state index contributed by atoms with van der Waals surface area (Å²) in [5.41, 5.74) is 0.844. The number of ketones is 1. The fourth-order valence-electron chi connectivity index (χ4n) is 2.55. The molecule has 0 bridgehead atoms. The number of carbonyl (C=O) groups is 2. The number of pyridine rings is 1. The zero-order valence-electron chi connectivity index (χ0n) is 14.0. The first-order valence-electron chi connectivity index (χ1n) is 7.51. The van der Waals surface area contributed by atoms with Gasteiger partial charge in [0.15, 0.2) is 24.0 Å². The van der Waals surface area contributed by atoms with Crippen molar-refractivity contribution >= 4 is 33.3 Å². The molecule has 128 valence electrons. The third-order valence-electron chi connectivity index (χ3n) is 3.82. The molecular weight excluding hydrogens is 342 g/mol. The van der Waals surface area contributed by atoms with Crippen molar-refractivity contribution in [2.45, 2.75) is 20.4 Å². The number of thiophene rings is 1. The van der Waals surface area contributed by atoms with Crippen molar-refractivity contribution < 1.29 is 18.9 Å². The minimum absolute atomic E-state index is 0.0390. The maximum absolute atomic E-state index is 12.4. The van der Waals surface area contributed by atoms with E-state index in [0.717, 1.165) is 11.3 Å². The number of aromatic nitrogens is 3. The van der Waals surface area contributed by atoms with Gasteiger partial charge < -0.3 is 9.72 Å². The summed E-state index contributed by atoms with van der Waals surface area (Å²) in [6.07, 6.45) is 3.49. The Labute approximate surface area is 146 Å². The molecule has 0 fully saturated rings. The molecule has 0 amide bonds. The normalized spacial score (nSPS) is 10.8. The van der Waals surface area contributed by atoms with Crippen molar-refractivity contribution in [3.8, 4) is 0 Å². The summed E-state index contributed by atoms with van der Waals surface area (Å²) in [7, 11) is 1.30. The Kier molecular flexibility index (Phi) is 4.45. The number of fused-ring (bicyclic) bond motifs is 1. The quantitative estimate of drug-likeness (QED) is 0.435. The number of H-pyrrole nitrogens is 1. The van der Waals surface area contributed by atoms with Gasteiger partial charge in [0.1, 0.15) is 9.71 Å². The number of nitrogens with zero attached hydrogens (tertiary/aromatic N) is 2. The molecule has 3 rings (SSSR count). The van der Waals surface area contributed by atoms with Gasteiger partial charge in [0.05, 0.1) is 18.1 Å². The molecule has 0 saturated carbocycles. The number of carbonyl (C=O) groups excluding carboxylic acids is 2. The van der Waals surface area contributed by atoms with Gasteiger partial charge in [0.2, 0.25) is 6.54 Å². The molecule has 7 nitrogen and oxygen atoms in total. The Bertz CT molecular complexity index is 1050. The Morgan fingerprint density at radius 2 is 2.16 bits per heavy atom. The van der Waals surface area contributed by atoms with Crippen LogP contribution < -0.4 is 10.1 Å². The van der Waals surface area contributed by atoms with Gasteiger partial charge in [0.25, 0.3) is 5.56 Å². The van der Waals surface area contributed by atoms with E-state index in [4.69, 9.17) is 4.74 Å². The molecule has 0 atom stereocenters. The lowest BCUT2D eigenvalue weighted by molar-refractivity contribution is -0.689. The Hall–Kier alpha value is -2.87. The fourth-order valence-corrected chi connectivity index (χ4v) is 3.67. The number of hydrogen-bond donors (Lipinski definition) is 1.